The molecule has 0 atom stereocenters. The molecule has 0 saturated carbocycles. The van der Waals surface area contributed by atoms with E-state index >= 15 is 0 Å². The molecule has 0 radical (unpaired) electrons. The van der Waals surface area contributed by atoms with Gasteiger partial charge in [-0.25, -0.2) is 9.18 Å². The van der Waals surface area contributed by atoms with Gasteiger partial charge in [0.15, 0.2) is 5.76 Å². The second kappa shape index (κ2) is 8.12. The van der Waals surface area contributed by atoms with Crippen LogP contribution in [0.25, 0.3) is 22.3 Å². The third-order valence-corrected chi connectivity index (χ3v) is 5.06. The molecule has 0 aliphatic carbocycles. The highest BCUT2D eigenvalue weighted by molar-refractivity contribution is 9.10. The monoisotopic (exact) mass is 468 g/mol. The first kappa shape index (κ1) is 19.8. The van der Waals surface area contributed by atoms with Crippen molar-refractivity contribution in [1.82, 2.24) is 0 Å². The molecule has 0 bridgehead atoms. The van der Waals surface area contributed by atoms with E-state index in [0.29, 0.717) is 21.4 Å². The Morgan fingerprint density at radius 3 is 2.47 bits per heavy atom. The molecule has 0 saturated heterocycles. The number of methoxy groups -OCH3 is 1. The third-order valence-electron chi connectivity index (χ3n) is 4.44. The number of para-hydroxylation sites is 1. The predicted molar refractivity (Wildman–Crippen MR) is 114 cm³/mol. The van der Waals surface area contributed by atoms with Gasteiger partial charge >= 0.3 is 5.97 Å². The average Bonchev–Trinajstić information content (AvgIpc) is 2.76. The summed E-state index contributed by atoms with van der Waals surface area (Å²) in [5, 5.41) is 0.274. The second-order valence-corrected chi connectivity index (χ2v) is 7.19. The minimum atomic E-state index is -0.800. The smallest absolute Gasteiger partial charge is 0.343 e. The number of ether oxygens (including phenoxy) is 2. The van der Waals surface area contributed by atoms with E-state index in [-0.39, 0.29) is 22.5 Å². The van der Waals surface area contributed by atoms with Crippen LogP contribution >= 0.6 is 15.9 Å². The minimum Gasteiger partial charge on any atom is -0.496 e. The van der Waals surface area contributed by atoms with Gasteiger partial charge in [0.05, 0.1) is 22.5 Å². The molecule has 0 aliphatic heterocycles. The lowest BCUT2D eigenvalue weighted by molar-refractivity contribution is 0.0731. The number of halogens is 2. The summed E-state index contributed by atoms with van der Waals surface area (Å²) in [6.45, 7) is 0. The SMILES string of the molecule is COc1ccc(-c2oc3ccccc3c(=O)c2OC(=O)c2ccc(F)cc2)cc1Br. The minimum absolute atomic E-state index is 0.0949. The van der Waals surface area contributed by atoms with Crippen molar-refractivity contribution in [2.45, 2.75) is 0 Å². The molecule has 0 unspecified atom stereocenters. The fraction of sp³-hybridized carbons (Fsp3) is 0.0435. The van der Waals surface area contributed by atoms with Gasteiger partial charge in [0, 0.05) is 5.56 Å². The van der Waals surface area contributed by atoms with Crippen LogP contribution < -0.4 is 14.9 Å². The summed E-state index contributed by atoms with van der Waals surface area (Å²) < 4.78 is 30.4. The van der Waals surface area contributed by atoms with Crippen molar-refractivity contribution in [3.05, 3.63) is 92.8 Å². The van der Waals surface area contributed by atoms with E-state index in [2.05, 4.69) is 15.9 Å². The van der Waals surface area contributed by atoms with Gasteiger partial charge < -0.3 is 13.9 Å². The number of fused-ring (bicyclic) bond motifs is 1. The van der Waals surface area contributed by atoms with E-state index < -0.39 is 17.2 Å². The van der Waals surface area contributed by atoms with Crippen LogP contribution in [0, 0.1) is 5.82 Å². The molecule has 1 aromatic heterocycles. The molecule has 0 fully saturated rings. The van der Waals surface area contributed by atoms with Crippen molar-refractivity contribution >= 4 is 32.9 Å². The zero-order valence-electron chi connectivity index (χ0n) is 15.6. The summed E-state index contributed by atoms with van der Waals surface area (Å²) >= 11 is 3.40. The van der Waals surface area contributed by atoms with Crippen LogP contribution in [-0.4, -0.2) is 13.1 Å². The highest BCUT2D eigenvalue weighted by Crippen LogP contribution is 2.35. The van der Waals surface area contributed by atoms with E-state index in [0.717, 1.165) is 12.1 Å². The van der Waals surface area contributed by atoms with Crippen molar-refractivity contribution < 1.29 is 23.1 Å². The van der Waals surface area contributed by atoms with E-state index in [4.69, 9.17) is 13.9 Å². The van der Waals surface area contributed by atoms with Gasteiger partial charge in [0.1, 0.15) is 17.1 Å². The number of carbonyl (C=O) groups excluding carboxylic acids is 1. The van der Waals surface area contributed by atoms with Crippen LogP contribution in [0.15, 0.2) is 80.4 Å². The molecule has 1 heterocycles. The first-order valence-corrected chi connectivity index (χ1v) is 9.64. The Morgan fingerprint density at radius 1 is 1.03 bits per heavy atom. The second-order valence-electron chi connectivity index (χ2n) is 6.33. The summed E-state index contributed by atoms with van der Waals surface area (Å²) in [5.74, 6) is -0.851. The molecule has 3 aromatic carbocycles. The highest BCUT2D eigenvalue weighted by atomic mass is 79.9. The largest absolute Gasteiger partial charge is 0.496 e. The fourth-order valence-corrected chi connectivity index (χ4v) is 3.49. The maximum Gasteiger partial charge on any atom is 0.343 e. The van der Waals surface area contributed by atoms with Gasteiger partial charge in [-0.3, -0.25) is 4.79 Å². The molecule has 4 rings (SSSR count). The van der Waals surface area contributed by atoms with Gasteiger partial charge in [0.25, 0.3) is 0 Å². The van der Waals surface area contributed by atoms with Crippen molar-refractivity contribution in [2.24, 2.45) is 0 Å². The van der Waals surface area contributed by atoms with Gasteiger partial charge in [-0.1, -0.05) is 12.1 Å². The predicted octanol–water partition coefficient (Wildman–Crippen LogP) is 5.59. The molecule has 0 amide bonds. The van der Waals surface area contributed by atoms with Gasteiger partial charge in [-0.05, 0) is 70.5 Å². The standard InChI is InChI=1S/C23H14BrFO5/c1-28-19-11-8-14(12-17(19)24)21-22(20(26)16-4-2-3-5-18(16)29-21)30-23(27)13-6-9-15(25)10-7-13/h2-12H,1H3. The Balaban J connectivity index is 1.88. The van der Waals surface area contributed by atoms with Gasteiger partial charge in [0.2, 0.25) is 11.2 Å². The number of benzene rings is 3. The van der Waals surface area contributed by atoms with E-state index in [1.165, 1.54) is 19.2 Å². The number of hydrogen-bond donors (Lipinski definition) is 0. The molecule has 4 aromatic rings. The lowest BCUT2D eigenvalue weighted by Gasteiger charge is -2.12. The molecule has 0 aliphatic rings. The Hall–Kier alpha value is -3.45. The zero-order valence-corrected chi connectivity index (χ0v) is 17.2. The van der Waals surface area contributed by atoms with E-state index in [1.54, 1.807) is 42.5 Å². The Kier molecular flexibility index (Phi) is 5.37. The summed E-state index contributed by atoms with van der Waals surface area (Å²) in [7, 11) is 1.53. The normalized spacial score (nSPS) is 10.8. The molecular formula is C23H14BrFO5. The Bertz CT molecular complexity index is 1310. The van der Waals surface area contributed by atoms with Crippen LogP contribution in [0.3, 0.4) is 0 Å². The van der Waals surface area contributed by atoms with Crippen molar-refractivity contribution in [2.75, 3.05) is 7.11 Å². The van der Waals surface area contributed by atoms with Crippen LogP contribution in [0.4, 0.5) is 4.39 Å². The van der Waals surface area contributed by atoms with Crippen LogP contribution in [0.1, 0.15) is 10.4 Å². The number of hydrogen-bond acceptors (Lipinski definition) is 5. The van der Waals surface area contributed by atoms with Crippen molar-refractivity contribution in [3.8, 4) is 22.8 Å². The average molecular weight is 469 g/mol. The first-order valence-electron chi connectivity index (χ1n) is 8.85. The molecule has 150 valence electrons. The Labute approximate surface area is 178 Å². The summed E-state index contributed by atoms with van der Waals surface area (Å²) in [6, 6.07) is 16.6. The first-order chi connectivity index (χ1) is 14.5. The molecule has 0 N–H and O–H groups in total. The van der Waals surface area contributed by atoms with Gasteiger partial charge in [-0.2, -0.15) is 0 Å². The number of rotatable bonds is 4. The molecule has 0 spiro atoms. The van der Waals surface area contributed by atoms with Crippen molar-refractivity contribution in [1.29, 1.82) is 0 Å². The van der Waals surface area contributed by atoms with Crippen molar-refractivity contribution in [3.63, 3.8) is 0 Å². The lowest BCUT2D eigenvalue weighted by Crippen LogP contribution is -2.16. The van der Waals surface area contributed by atoms with Crippen LogP contribution in [0.2, 0.25) is 0 Å². The zero-order chi connectivity index (χ0) is 21.3. The van der Waals surface area contributed by atoms with Crippen LogP contribution in [0.5, 0.6) is 11.5 Å². The number of carbonyl (C=O) groups is 1. The van der Waals surface area contributed by atoms with E-state index in [1.807, 2.05) is 0 Å². The molecular weight excluding hydrogens is 455 g/mol. The Morgan fingerprint density at radius 2 is 1.77 bits per heavy atom. The summed E-state index contributed by atoms with van der Waals surface area (Å²) in [5.41, 5.74) is 0.471. The maximum atomic E-state index is 13.2. The van der Waals surface area contributed by atoms with E-state index in [9.17, 15) is 14.0 Å². The van der Waals surface area contributed by atoms with Gasteiger partial charge in [-0.15, -0.1) is 0 Å². The third kappa shape index (κ3) is 3.71. The quantitative estimate of drug-likeness (QED) is 0.365. The summed E-state index contributed by atoms with van der Waals surface area (Å²) in [4.78, 5) is 25.7. The molecule has 5 nitrogen and oxygen atoms in total. The fourth-order valence-electron chi connectivity index (χ4n) is 2.95. The van der Waals surface area contributed by atoms with Crippen LogP contribution in [-0.2, 0) is 0 Å². The molecule has 7 heteroatoms. The highest BCUT2D eigenvalue weighted by Gasteiger charge is 2.22. The lowest BCUT2D eigenvalue weighted by atomic mass is 10.1. The number of esters is 1. The molecule has 30 heavy (non-hydrogen) atoms. The summed E-state index contributed by atoms with van der Waals surface area (Å²) in [6.07, 6.45) is 0. The maximum absolute atomic E-state index is 13.2. The topological polar surface area (TPSA) is 65.7 Å².